The van der Waals surface area contributed by atoms with Gasteiger partial charge in [-0.1, -0.05) is 6.92 Å². The Morgan fingerprint density at radius 2 is 2.42 bits per heavy atom. The van der Waals surface area contributed by atoms with Gasteiger partial charge in [-0.2, -0.15) is 5.10 Å². The molecule has 2 aromatic heterocycles. The summed E-state index contributed by atoms with van der Waals surface area (Å²) < 4.78 is 5.73. The van der Waals surface area contributed by atoms with E-state index in [2.05, 4.69) is 22.1 Å². The molecule has 2 unspecified atom stereocenters. The summed E-state index contributed by atoms with van der Waals surface area (Å²) in [5.74, 6) is 0.900. The van der Waals surface area contributed by atoms with Crippen LogP contribution in [-0.2, 0) is 0 Å². The number of hydrogen-bond donors (Lipinski definition) is 1. The highest BCUT2D eigenvalue weighted by Gasteiger charge is 2.26. The molecule has 6 nitrogen and oxygen atoms in total. The van der Waals surface area contributed by atoms with Crippen LogP contribution in [0.3, 0.4) is 0 Å². The van der Waals surface area contributed by atoms with Gasteiger partial charge < -0.3 is 9.64 Å². The first-order valence-corrected chi connectivity index (χ1v) is 8.58. The van der Waals surface area contributed by atoms with E-state index in [0.29, 0.717) is 17.4 Å². The zero-order chi connectivity index (χ0) is 16.9. The molecule has 0 bridgehead atoms. The van der Waals surface area contributed by atoms with Crippen LogP contribution in [0.15, 0.2) is 30.7 Å². The first-order valence-electron chi connectivity index (χ1n) is 8.58. The van der Waals surface area contributed by atoms with Crippen LogP contribution in [0.25, 0.3) is 0 Å². The van der Waals surface area contributed by atoms with E-state index in [0.717, 1.165) is 32.4 Å². The normalized spacial score (nSPS) is 19.1. The number of carbonyl (C=O) groups excluding carboxylic acids is 1. The van der Waals surface area contributed by atoms with E-state index in [9.17, 15) is 4.79 Å². The molecular weight excluding hydrogens is 304 g/mol. The second-order valence-electron chi connectivity index (χ2n) is 6.34. The fraction of sp³-hybridized carbons (Fsp3) is 0.500. The van der Waals surface area contributed by atoms with Gasteiger partial charge >= 0.3 is 0 Å². The molecule has 1 aliphatic heterocycles. The Hall–Kier alpha value is -2.37. The smallest absolute Gasteiger partial charge is 0.254 e. The summed E-state index contributed by atoms with van der Waals surface area (Å²) in [5.41, 5.74) is 1.80. The summed E-state index contributed by atoms with van der Waals surface area (Å²) in [6, 6.07) is 3.50. The molecule has 0 saturated carbocycles. The molecule has 2 aromatic rings. The first-order chi connectivity index (χ1) is 11.7. The number of hydrogen-bond acceptors (Lipinski definition) is 4. The van der Waals surface area contributed by atoms with Crippen LogP contribution in [-0.4, -0.2) is 45.2 Å². The number of pyridine rings is 1. The number of piperidine rings is 1. The topological polar surface area (TPSA) is 71.1 Å². The molecule has 6 heteroatoms. The Morgan fingerprint density at radius 1 is 1.54 bits per heavy atom. The van der Waals surface area contributed by atoms with Gasteiger partial charge in [0, 0.05) is 43.0 Å². The van der Waals surface area contributed by atoms with Crippen molar-refractivity contribution in [3.05, 3.63) is 41.9 Å². The van der Waals surface area contributed by atoms with E-state index in [1.54, 1.807) is 18.3 Å². The van der Waals surface area contributed by atoms with Crippen molar-refractivity contribution >= 4 is 5.91 Å². The summed E-state index contributed by atoms with van der Waals surface area (Å²) in [6.07, 6.45) is 8.49. The number of aromatic amines is 1. The molecule has 0 aromatic carbocycles. The molecule has 128 valence electrons. The summed E-state index contributed by atoms with van der Waals surface area (Å²) in [7, 11) is 0. The zero-order valence-corrected chi connectivity index (χ0v) is 14.2. The lowest BCUT2D eigenvalue weighted by Gasteiger charge is -2.32. The molecule has 3 rings (SSSR count). The molecule has 0 radical (unpaired) electrons. The minimum atomic E-state index is 0.0413. The maximum absolute atomic E-state index is 12.8. The Bertz CT molecular complexity index is 671. The molecule has 1 amide bonds. The molecule has 1 aliphatic rings. The number of ether oxygens (including phenoxy) is 1. The standard InChI is InChI=1S/C18H24N4O2/c1-3-13(2)24-17-9-14(6-7-19-17)18(23)22-8-4-5-15(12-22)16-10-20-21-11-16/h6-7,9-11,13,15H,3-5,8,12H2,1-2H3,(H,20,21). The SMILES string of the molecule is CCC(C)Oc1cc(C(=O)N2CCCC(c3cn[nH]c3)C2)ccn1. The summed E-state index contributed by atoms with van der Waals surface area (Å²) in [4.78, 5) is 19.0. The number of likely N-dealkylation sites (tertiary alicyclic amines) is 1. The minimum absolute atomic E-state index is 0.0413. The van der Waals surface area contributed by atoms with Gasteiger partial charge in [0.1, 0.15) is 0 Å². The van der Waals surface area contributed by atoms with E-state index in [4.69, 9.17) is 4.74 Å². The fourth-order valence-electron chi connectivity index (χ4n) is 3.00. The lowest BCUT2D eigenvalue weighted by atomic mass is 9.92. The Kier molecular flexibility index (Phi) is 5.13. The second-order valence-corrected chi connectivity index (χ2v) is 6.34. The largest absolute Gasteiger partial charge is 0.475 e. The van der Waals surface area contributed by atoms with Crippen molar-refractivity contribution < 1.29 is 9.53 Å². The van der Waals surface area contributed by atoms with Gasteiger partial charge in [0.15, 0.2) is 0 Å². The van der Waals surface area contributed by atoms with Gasteiger partial charge in [0.2, 0.25) is 5.88 Å². The van der Waals surface area contributed by atoms with E-state index >= 15 is 0 Å². The molecule has 3 heterocycles. The van der Waals surface area contributed by atoms with Crippen molar-refractivity contribution in [1.29, 1.82) is 0 Å². The molecule has 1 fully saturated rings. The maximum atomic E-state index is 12.8. The quantitative estimate of drug-likeness (QED) is 0.916. The second kappa shape index (κ2) is 7.47. The van der Waals surface area contributed by atoms with E-state index in [-0.39, 0.29) is 12.0 Å². The van der Waals surface area contributed by atoms with Crippen molar-refractivity contribution in [1.82, 2.24) is 20.1 Å². The summed E-state index contributed by atoms with van der Waals surface area (Å²) >= 11 is 0. The van der Waals surface area contributed by atoms with Crippen molar-refractivity contribution in [2.75, 3.05) is 13.1 Å². The van der Waals surface area contributed by atoms with Gasteiger partial charge in [0.25, 0.3) is 5.91 Å². The summed E-state index contributed by atoms with van der Waals surface area (Å²) in [6.45, 7) is 5.57. The van der Waals surface area contributed by atoms with Gasteiger partial charge in [-0.15, -0.1) is 0 Å². The molecule has 0 spiro atoms. The highest BCUT2D eigenvalue weighted by atomic mass is 16.5. The van der Waals surface area contributed by atoms with Crippen LogP contribution in [0, 0.1) is 0 Å². The van der Waals surface area contributed by atoms with E-state index < -0.39 is 0 Å². The van der Waals surface area contributed by atoms with Crippen LogP contribution in [0.1, 0.15) is 54.9 Å². The third-order valence-electron chi connectivity index (χ3n) is 4.58. The molecular formula is C18H24N4O2. The first kappa shape index (κ1) is 16.5. The lowest BCUT2D eigenvalue weighted by Crippen LogP contribution is -2.39. The van der Waals surface area contributed by atoms with Crippen LogP contribution < -0.4 is 4.74 Å². The van der Waals surface area contributed by atoms with Crippen LogP contribution in [0.4, 0.5) is 0 Å². The Morgan fingerprint density at radius 3 is 3.17 bits per heavy atom. The minimum Gasteiger partial charge on any atom is -0.475 e. The number of amides is 1. The molecule has 1 N–H and O–H groups in total. The van der Waals surface area contributed by atoms with Crippen LogP contribution >= 0.6 is 0 Å². The number of aromatic nitrogens is 3. The highest BCUT2D eigenvalue weighted by molar-refractivity contribution is 5.94. The molecule has 24 heavy (non-hydrogen) atoms. The fourth-order valence-corrected chi connectivity index (χ4v) is 3.00. The third kappa shape index (κ3) is 3.75. The number of H-pyrrole nitrogens is 1. The predicted octanol–water partition coefficient (Wildman–Crippen LogP) is 3.00. The average molecular weight is 328 g/mol. The van der Waals surface area contributed by atoms with Crippen LogP contribution in [0.2, 0.25) is 0 Å². The molecule has 0 aliphatic carbocycles. The monoisotopic (exact) mass is 328 g/mol. The molecule has 2 atom stereocenters. The van der Waals surface area contributed by atoms with Gasteiger partial charge in [0.05, 0.1) is 12.3 Å². The van der Waals surface area contributed by atoms with Gasteiger partial charge in [-0.25, -0.2) is 4.98 Å². The van der Waals surface area contributed by atoms with Crippen molar-refractivity contribution in [3.63, 3.8) is 0 Å². The zero-order valence-electron chi connectivity index (χ0n) is 14.2. The Balaban J connectivity index is 1.70. The average Bonchev–Trinajstić information content (AvgIpc) is 3.16. The lowest BCUT2D eigenvalue weighted by molar-refractivity contribution is 0.0706. The number of carbonyl (C=O) groups is 1. The highest BCUT2D eigenvalue weighted by Crippen LogP contribution is 2.27. The van der Waals surface area contributed by atoms with Crippen molar-refractivity contribution in [3.8, 4) is 5.88 Å². The number of nitrogens with one attached hydrogen (secondary N) is 1. The summed E-state index contributed by atoms with van der Waals surface area (Å²) in [5, 5.41) is 6.88. The Labute approximate surface area is 142 Å². The van der Waals surface area contributed by atoms with Gasteiger partial charge in [-0.3, -0.25) is 9.89 Å². The maximum Gasteiger partial charge on any atom is 0.254 e. The molecule has 1 saturated heterocycles. The third-order valence-corrected chi connectivity index (χ3v) is 4.58. The number of rotatable bonds is 5. The predicted molar refractivity (Wildman–Crippen MR) is 91.1 cm³/mol. The van der Waals surface area contributed by atoms with Crippen molar-refractivity contribution in [2.45, 2.75) is 45.1 Å². The van der Waals surface area contributed by atoms with E-state index in [1.165, 1.54) is 5.56 Å². The number of nitrogens with zero attached hydrogens (tertiary/aromatic N) is 3. The van der Waals surface area contributed by atoms with E-state index in [1.807, 2.05) is 24.2 Å². The van der Waals surface area contributed by atoms with Crippen LogP contribution in [0.5, 0.6) is 5.88 Å². The van der Waals surface area contributed by atoms with Gasteiger partial charge in [-0.05, 0) is 37.8 Å². The van der Waals surface area contributed by atoms with Crippen molar-refractivity contribution in [2.24, 2.45) is 0 Å².